The molecule has 5 heteroatoms. The number of methoxy groups -OCH3 is 1. The Balaban J connectivity index is 2.00. The number of nitrogens with two attached hydrogens (primary N) is 1. The molecule has 1 saturated heterocycles. The first-order valence-electron chi connectivity index (χ1n) is 5.97. The average Bonchev–Trinajstić information content (AvgIpc) is 2.80. The van der Waals surface area contributed by atoms with Crippen molar-refractivity contribution in [1.82, 2.24) is 4.90 Å². The van der Waals surface area contributed by atoms with Crippen molar-refractivity contribution in [2.75, 3.05) is 20.2 Å². The highest BCUT2D eigenvalue weighted by Crippen LogP contribution is 2.26. The summed E-state index contributed by atoms with van der Waals surface area (Å²) in [6, 6.07) is 5.25. The molecule has 0 aromatic heterocycles. The summed E-state index contributed by atoms with van der Waals surface area (Å²) in [6.45, 7) is 2.12. The predicted octanol–water partition coefficient (Wildman–Crippen LogP) is 0.708. The first-order chi connectivity index (χ1) is 8.60. The fourth-order valence-corrected chi connectivity index (χ4v) is 2.25. The molecule has 1 aromatic rings. The molecule has 1 heterocycles. The Morgan fingerprint density at radius 1 is 1.61 bits per heavy atom. The predicted molar refractivity (Wildman–Crippen MR) is 67.2 cm³/mol. The van der Waals surface area contributed by atoms with Gasteiger partial charge in [-0.05, 0) is 19.0 Å². The molecule has 0 bridgehead atoms. The van der Waals surface area contributed by atoms with Crippen LogP contribution in [0.15, 0.2) is 18.2 Å². The first-order valence-corrected chi connectivity index (χ1v) is 5.97. The zero-order valence-electron chi connectivity index (χ0n) is 10.4. The minimum Gasteiger partial charge on any atom is -0.507 e. The van der Waals surface area contributed by atoms with Crippen LogP contribution in [0.3, 0.4) is 0 Å². The van der Waals surface area contributed by atoms with Crippen LogP contribution in [0.1, 0.15) is 12.0 Å². The number of amides is 1. The number of hydrogen-bond donors (Lipinski definition) is 2. The summed E-state index contributed by atoms with van der Waals surface area (Å²) in [4.78, 5) is 13.2. The van der Waals surface area contributed by atoms with Gasteiger partial charge in [-0.15, -0.1) is 0 Å². The van der Waals surface area contributed by atoms with E-state index in [4.69, 9.17) is 10.5 Å². The molecule has 2 rings (SSSR count). The quantitative estimate of drug-likeness (QED) is 0.825. The van der Waals surface area contributed by atoms with Gasteiger partial charge in [0.2, 0.25) is 5.91 Å². The lowest BCUT2D eigenvalue weighted by atomic mass is 10.1. The Morgan fingerprint density at radius 3 is 2.94 bits per heavy atom. The highest BCUT2D eigenvalue weighted by atomic mass is 16.5. The van der Waals surface area contributed by atoms with E-state index in [0.717, 1.165) is 18.5 Å². The van der Waals surface area contributed by atoms with Crippen LogP contribution in [0.4, 0.5) is 0 Å². The minimum absolute atomic E-state index is 0.0645. The van der Waals surface area contributed by atoms with Crippen molar-refractivity contribution in [3.63, 3.8) is 0 Å². The number of phenolic OH excluding ortho intramolecular Hbond substituents is 1. The SMILES string of the molecule is COc1ccc(CN2CCC(C(N)=O)C2)c(O)c1. The second-order valence-electron chi connectivity index (χ2n) is 4.62. The third-order valence-electron chi connectivity index (χ3n) is 3.36. The fourth-order valence-electron chi connectivity index (χ4n) is 2.25. The van der Waals surface area contributed by atoms with Crippen molar-refractivity contribution in [1.29, 1.82) is 0 Å². The summed E-state index contributed by atoms with van der Waals surface area (Å²) in [5.41, 5.74) is 6.12. The largest absolute Gasteiger partial charge is 0.507 e. The third kappa shape index (κ3) is 2.73. The van der Waals surface area contributed by atoms with E-state index >= 15 is 0 Å². The number of carbonyl (C=O) groups is 1. The zero-order chi connectivity index (χ0) is 13.1. The third-order valence-corrected chi connectivity index (χ3v) is 3.36. The highest BCUT2D eigenvalue weighted by Gasteiger charge is 2.26. The standard InChI is InChI=1S/C13H18N2O3/c1-18-11-3-2-9(12(16)6-11)7-15-5-4-10(8-15)13(14)17/h2-3,6,10,16H,4-5,7-8H2,1H3,(H2,14,17). The number of aromatic hydroxyl groups is 1. The van der Waals surface area contributed by atoms with Crippen molar-refractivity contribution in [2.45, 2.75) is 13.0 Å². The molecule has 18 heavy (non-hydrogen) atoms. The second kappa shape index (κ2) is 5.27. The normalized spacial score (nSPS) is 19.9. The lowest BCUT2D eigenvalue weighted by molar-refractivity contribution is -0.121. The second-order valence-corrected chi connectivity index (χ2v) is 4.62. The molecule has 5 nitrogen and oxygen atoms in total. The topological polar surface area (TPSA) is 75.8 Å². The van der Waals surface area contributed by atoms with Crippen LogP contribution in [0, 0.1) is 5.92 Å². The first kappa shape index (κ1) is 12.7. The van der Waals surface area contributed by atoms with Gasteiger partial charge in [0.15, 0.2) is 0 Å². The molecule has 0 spiro atoms. The Bertz CT molecular complexity index is 448. The van der Waals surface area contributed by atoms with E-state index in [-0.39, 0.29) is 17.6 Å². The Kier molecular flexibility index (Phi) is 3.72. The lowest BCUT2D eigenvalue weighted by Crippen LogP contribution is -2.27. The lowest BCUT2D eigenvalue weighted by Gasteiger charge is -2.16. The van der Waals surface area contributed by atoms with E-state index in [1.54, 1.807) is 13.2 Å². The number of benzene rings is 1. The number of rotatable bonds is 4. The summed E-state index contributed by atoms with van der Waals surface area (Å²) >= 11 is 0. The maximum atomic E-state index is 11.1. The Labute approximate surface area is 106 Å². The molecule has 1 atom stereocenters. The average molecular weight is 250 g/mol. The molecule has 1 aliphatic rings. The smallest absolute Gasteiger partial charge is 0.221 e. The van der Waals surface area contributed by atoms with Crippen LogP contribution >= 0.6 is 0 Å². The number of primary amides is 1. The van der Waals surface area contributed by atoms with Crippen molar-refractivity contribution >= 4 is 5.91 Å². The van der Waals surface area contributed by atoms with E-state index < -0.39 is 0 Å². The zero-order valence-corrected chi connectivity index (χ0v) is 10.4. The molecule has 0 saturated carbocycles. The van der Waals surface area contributed by atoms with Gasteiger partial charge in [0.1, 0.15) is 11.5 Å². The van der Waals surface area contributed by atoms with Crippen molar-refractivity contribution in [2.24, 2.45) is 11.7 Å². The van der Waals surface area contributed by atoms with Gasteiger partial charge in [0.25, 0.3) is 0 Å². The minimum atomic E-state index is -0.239. The number of carbonyl (C=O) groups excluding carboxylic acids is 1. The molecule has 0 aliphatic carbocycles. The summed E-state index contributed by atoms with van der Waals surface area (Å²) in [6.07, 6.45) is 0.798. The summed E-state index contributed by atoms with van der Waals surface area (Å²) in [5, 5.41) is 9.86. The van der Waals surface area contributed by atoms with Crippen LogP contribution in [0.5, 0.6) is 11.5 Å². The molecular formula is C13H18N2O3. The van der Waals surface area contributed by atoms with E-state index in [2.05, 4.69) is 4.90 Å². The van der Waals surface area contributed by atoms with Gasteiger partial charge in [0, 0.05) is 24.7 Å². The van der Waals surface area contributed by atoms with Gasteiger partial charge in [0.05, 0.1) is 13.0 Å². The van der Waals surface area contributed by atoms with Crippen LogP contribution in [0.25, 0.3) is 0 Å². The van der Waals surface area contributed by atoms with Gasteiger partial charge in [-0.3, -0.25) is 9.69 Å². The van der Waals surface area contributed by atoms with E-state index in [0.29, 0.717) is 18.8 Å². The van der Waals surface area contributed by atoms with Gasteiger partial charge >= 0.3 is 0 Å². The molecule has 1 unspecified atom stereocenters. The van der Waals surface area contributed by atoms with Gasteiger partial charge < -0.3 is 15.6 Å². The molecule has 1 fully saturated rings. The van der Waals surface area contributed by atoms with Crippen molar-refractivity contribution in [3.05, 3.63) is 23.8 Å². The van der Waals surface area contributed by atoms with Crippen LogP contribution in [-0.4, -0.2) is 36.1 Å². The molecule has 1 aliphatic heterocycles. The number of nitrogens with zero attached hydrogens (tertiary/aromatic N) is 1. The van der Waals surface area contributed by atoms with Gasteiger partial charge in [-0.2, -0.15) is 0 Å². The van der Waals surface area contributed by atoms with Crippen molar-refractivity contribution < 1.29 is 14.6 Å². The molecule has 0 radical (unpaired) electrons. The molecule has 98 valence electrons. The summed E-state index contributed by atoms with van der Waals surface area (Å²) < 4.78 is 5.03. The Hall–Kier alpha value is -1.75. The molecule has 1 aromatic carbocycles. The number of phenols is 1. The number of ether oxygens (including phenoxy) is 1. The van der Waals surface area contributed by atoms with E-state index in [1.165, 1.54) is 0 Å². The Morgan fingerprint density at radius 2 is 2.39 bits per heavy atom. The fraction of sp³-hybridized carbons (Fsp3) is 0.462. The van der Waals surface area contributed by atoms with Crippen LogP contribution < -0.4 is 10.5 Å². The molecular weight excluding hydrogens is 232 g/mol. The van der Waals surface area contributed by atoms with Gasteiger partial charge in [-0.1, -0.05) is 6.07 Å². The van der Waals surface area contributed by atoms with E-state index in [1.807, 2.05) is 12.1 Å². The summed E-state index contributed by atoms with van der Waals surface area (Å²) in [7, 11) is 1.56. The maximum absolute atomic E-state index is 11.1. The van der Waals surface area contributed by atoms with Crippen molar-refractivity contribution in [3.8, 4) is 11.5 Å². The number of hydrogen-bond acceptors (Lipinski definition) is 4. The van der Waals surface area contributed by atoms with Crippen LogP contribution in [0.2, 0.25) is 0 Å². The summed E-state index contributed by atoms with van der Waals surface area (Å²) in [5.74, 6) is 0.548. The van der Waals surface area contributed by atoms with Gasteiger partial charge in [-0.25, -0.2) is 0 Å². The maximum Gasteiger partial charge on any atom is 0.221 e. The van der Waals surface area contributed by atoms with Crippen LogP contribution in [-0.2, 0) is 11.3 Å². The van der Waals surface area contributed by atoms with E-state index in [9.17, 15) is 9.90 Å². The molecule has 3 N–H and O–H groups in total. The highest BCUT2D eigenvalue weighted by molar-refractivity contribution is 5.77. The molecule has 1 amide bonds. The monoisotopic (exact) mass is 250 g/mol. The number of likely N-dealkylation sites (tertiary alicyclic amines) is 1.